The van der Waals surface area contributed by atoms with Crippen molar-refractivity contribution < 1.29 is 9.53 Å². The van der Waals surface area contributed by atoms with Crippen LogP contribution in [0, 0.1) is 0 Å². The molecule has 1 rings (SSSR count). The van der Waals surface area contributed by atoms with Crippen molar-refractivity contribution in [2.24, 2.45) is 0 Å². The largest absolute Gasteiger partial charge is 0.444 e. The van der Waals surface area contributed by atoms with Crippen LogP contribution >= 0.6 is 0 Å². The summed E-state index contributed by atoms with van der Waals surface area (Å²) in [6, 6.07) is 0.698. The maximum atomic E-state index is 11.6. The fourth-order valence-corrected chi connectivity index (χ4v) is 2.09. The third kappa shape index (κ3) is 6.05. The number of carbonyl (C=O) groups is 1. The van der Waals surface area contributed by atoms with Gasteiger partial charge in [0.15, 0.2) is 0 Å². The minimum absolute atomic E-state index is 0.225. The van der Waals surface area contributed by atoms with Crippen molar-refractivity contribution in [3.05, 3.63) is 12.2 Å². The fraction of sp³-hybridized carbons (Fsp3) is 0.786. The molecule has 1 aliphatic carbocycles. The van der Waals surface area contributed by atoms with E-state index in [0.29, 0.717) is 6.04 Å². The third-order valence-electron chi connectivity index (χ3n) is 2.85. The number of nitrogens with one attached hydrogen (secondary N) is 2. The predicted molar refractivity (Wildman–Crippen MR) is 73.6 cm³/mol. The highest BCUT2D eigenvalue weighted by atomic mass is 16.6. The molecule has 1 amide bonds. The van der Waals surface area contributed by atoms with Crippen LogP contribution in [0.3, 0.4) is 0 Å². The average molecular weight is 254 g/mol. The molecule has 1 fully saturated rings. The SMILES string of the molecule is C=C(C)CNC1CCC(NC(=O)OC(C)(C)C)C1. The number of carbonyl (C=O) groups excluding carboxylic acids is 1. The summed E-state index contributed by atoms with van der Waals surface area (Å²) in [4.78, 5) is 11.6. The van der Waals surface area contributed by atoms with Gasteiger partial charge in [0.05, 0.1) is 0 Å². The van der Waals surface area contributed by atoms with Crippen LogP contribution in [-0.2, 0) is 4.74 Å². The van der Waals surface area contributed by atoms with Crippen LogP contribution in [0.25, 0.3) is 0 Å². The first-order valence-electron chi connectivity index (χ1n) is 6.63. The Morgan fingerprint density at radius 3 is 2.50 bits per heavy atom. The Hall–Kier alpha value is -1.03. The van der Waals surface area contributed by atoms with Gasteiger partial charge in [0.2, 0.25) is 0 Å². The second-order valence-corrected chi connectivity index (χ2v) is 6.19. The van der Waals surface area contributed by atoms with Gasteiger partial charge in [-0.2, -0.15) is 0 Å². The second-order valence-electron chi connectivity index (χ2n) is 6.19. The molecule has 0 aromatic carbocycles. The number of amides is 1. The van der Waals surface area contributed by atoms with Crippen LogP contribution in [0.2, 0.25) is 0 Å². The molecule has 1 aliphatic rings. The van der Waals surface area contributed by atoms with Gasteiger partial charge in [0.25, 0.3) is 0 Å². The summed E-state index contributed by atoms with van der Waals surface area (Å²) in [5.41, 5.74) is 0.707. The van der Waals surface area contributed by atoms with Crippen molar-refractivity contribution in [1.29, 1.82) is 0 Å². The molecule has 0 radical (unpaired) electrons. The number of hydrogen-bond acceptors (Lipinski definition) is 3. The van der Waals surface area contributed by atoms with Crippen LogP contribution in [0.1, 0.15) is 47.0 Å². The van der Waals surface area contributed by atoms with Crippen molar-refractivity contribution >= 4 is 6.09 Å². The molecule has 104 valence electrons. The van der Waals surface area contributed by atoms with Crippen LogP contribution in [0.4, 0.5) is 4.79 Å². The molecule has 0 aliphatic heterocycles. The molecule has 4 nitrogen and oxygen atoms in total. The highest BCUT2D eigenvalue weighted by molar-refractivity contribution is 5.68. The van der Waals surface area contributed by atoms with Gasteiger partial charge in [-0.1, -0.05) is 12.2 Å². The molecule has 0 saturated heterocycles. The smallest absolute Gasteiger partial charge is 0.407 e. The molecule has 18 heavy (non-hydrogen) atoms. The Morgan fingerprint density at radius 2 is 1.94 bits per heavy atom. The van der Waals surface area contributed by atoms with E-state index in [4.69, 9.17) is 4.74 Å². The minimum Gasteiger partial charge on any atom is -0.444 e. The van der Waals surface area contributed by atoms with E-state index >= 15 is 0 Å². The molecule has 0 spiro atoms. The summed E-state index contributed by atoms with van der Waals surface area (Å²) in [5, 5.41) is 6.37. The third-order valence-corrected chi connectivity index (χ3v) is 2.85. The van der Waals surface area contributed by atoms with E-state index in [2.05, 4.69) is 17.2 Å². The summed E-state index contributed by atoms with van der Waals surface area (Å²) in [7, 11) is 0. The Kier molecular flexibility index (Phi) is 5.20. The number of alkyl carbamates (subject to hydrolysis) is 1. The van der Waals surface area contributed by atoms with E-state index in [9.17, 15) is 4.79 Å². The van der Waals surface area contributed by atoms with Crippen LogP contribution in [-0.4, -0.2) is 30.3 Å². The van der Waals surface area contributed by atoms with Gasteiger partial charge in [-0.05, 0) is 47.0 Å². The molecule has 2 atom stereocenters. The van der Waals surface area contributed by atoms with Gasteiger partial charge in [0, 0.05) is 18.6 Å². The molecule has 4 heteroatoms. The first-order valence-corrected chi connectivity index (χ1v) is 6.63. The number of ether oxygens (including phenoxy) is 1. The first kappa shape index (κ1) is 15.0. The van der Waals surface area contributed by atoms with Crippen molar-refractivity contribution in [2.75, 3.05) is 6.54 Å². The average Bonchev–Trinajstić information content (AvgIpc) is 2.59. The van der Waals surface area contributed by atoms with Crippen molar-refractivity contribution in [2.45, 2.75) is 64.6 Å². The number of rotatable bonds is 4. The fourth-order valence-electron chi connectivity index (χ4n) is 2.09. The minimum atomic E-state index is -0.430. The standard InChI is InChI=1S/C14H26N2O2/c1-10(2)9-15-11-6-7-12(8-11)16-13(17)18-14(3,4)5/h11-12,15H,1,6-9H2,2-5H3,(H,16,17). The Labute approximate surface area is 110 Å². The molecule has 0 aromatic rings. The lowest BCUT2D eigenvalue weighted by atomic mass is 10.2. The summed E-state index contributed by atoms with van der Waals surface area (Å²) in [5.74, 6) is 0. The summed E-state index contributed by atoms with van der Waals surface area (Å²) < 4.78 is 5.25. The molecular formula is C14H26N2O2. The maximum absolute atomic E-state index is 11.6. The Balaban J connectivity index is 2.26. The van der Waals surface area contributed by atoms with Gasteiger partial charge in [-0.3, -0.25) is 0 Å². The lowest BCUT2D eigenvalue weighted by Crippen LogP contribution is -2.39. The van der Waals surface area contributed by atoms with E-state index in [-0.39, 0.29) is 12.1 Å². The molecule has 0 bridgehead atoms. The zero-order valence-corrected chi connectivity index (χ0v) is 12.0. The van der Waals surface area contributed by atoms with E-state index < -0.39 is 5.60 Å². The Morgan fingerprint density at radius 1 is 1.33 bits per heavy atom. The molecule has 0 aromatic heterocycles. The van der Waals surface area contributed by atoms with E-state index in [1.165, 1.54) is 0 Å². The zero-order valence-electron chi connectivity index (χ0n) is 12.0. The second kappa shape index (κ2) is 6.23. The molecular weight excluding hydrogens is 228 g/mol. The zero-order chi connectivity index (χ0) is 13.8. The van der Waals surface area contributed by atoms with Crippen LogP contribution < -0.4 is 10.6 Å². The van der Waals surface area contributed by atoms with Crippen molar-refractivity contribution in [3.63, 3.8) is 0 Å². The summed E-state index contributed by atoms with van der Waals surface area (Å²) in [6.45, 7) is 12.4. The predicted octanol–water partition coefficient (Wildman–Crippen LogP) is 2.60. The van der Waals surface area contributed by atoms with Crippen molar-refractivity contribution in [1.82, 2.24) is 10.6 Å². The molecule has 2 N–H and O–H groups in total. The van der Waals surface area contributed by atoms with Gasteiger partial charge < -0.3 is 15.4 Å². The highest BCUT2D eigenvalue weighted by Crippen LogP contribution is 2.20. The van der Waals surface area contributed by atoms with E-state index in [1.54, 1.807) is 0 Å². The lowest BCUT2D eigenvalue weighted by Gasteiger charge is -2.21. The van der Waals surface area contributed by atoms with E-state index in [0.717, 1.165) is 31.4 Å². The van der Waals surface area contributed by atoms with Crippen molar-refractivity contribution in [3.8, 4) is 0 Å². The normalized spacial score (nSPS) is 23.8. The van der Waals surface area contributed by atoms with Gasteiger partial charge in [-0.25, -0.2) is 4.79 Å². The quantitative estimate of drug-likeness (QED) is 0.758. The highest BCUT2D eigenvalue weighted by Gasteiger charge is 2.27. The lowest BCUT2D eigenvalue weighted by molar-refractivity contribution is 0.0505. The maximum Gasteiger partial charge on any atom is 0.407 e. The molecule has 1 saturated carbocycles. The topological polar surface area (TPSA) is 50.4 Å². The van der Waals surface area contributed by atoms with Crippen LogP contribution in [0.5, 0.6) is 0 Å². The van der Waals surface area contributed by atoms with Gasteiger partial charge in [-0.15, -0.1) is 0 Å². The monoisotopic (exact) mass is 254 g/mol. The summed E-state index contributed by atoms with van der Waals surface area (Å²) >= 11 is 0. The summed E-state index contributed by atoms with van der Waals surface area (Å²) in [6.07, 6.45) is 2.75. The van der Waals surface area contributed by atoms with Crippen LogP contribution in [0.15, 0.2) is 12.2 Å². The van der Waals surface area contributed by atoms with E-state index in [1.807, 2.05) is 27.7 Å². The number of hydrogen-bond donors (Lipinski definition) is 2. The molecule has 0 heterocycles. The molecule has 2 unspecified atom stereocenters. The Bertz CT molecular complexity index is 307. The van der Waals surface area contributed by atoms with Gasteiger partial charge >= 0.3 is 6.09 Å². The first-order chi connectivity index (χ1) is 8.26. The van der Waals surface area contributed by atoms with Gasteiger partial charge in [0.1, 0.15) is 5.60 Å².